The van der Waals surface area contributed by atoms with Crippen molar-refractivity contribution in [2.75, 3.05) is 0 Å². The van der Waals surface area contributed by atoms with Gasteiger partial charge >= 0.3 is 0 Å². The fourth-order valence-electron chi connectivity index (χ4n) is 1.61. The second kappa shape index (κ2) is 5.46. The van der Waals surface area contributed by atoms with Crippen LogP contribution >= 0.6 is 11.6 Å². The Labute approximate surface area is 114 Å². The molecule has 0 aliphatic heterocycles. The summed E-state index contributed by atoms with van der Waals surface area (Å²) in [7, 11) is 1.73. The Hall–Kier alpha value is -1.79. The van der Waals surface area contributed by atoms with Gasteiger partial charge < -0.3 is 14.3 Å². The first-order chi connectivity index (χ1) is 9.02. The minimum atomic E-state index is -0.354. The third-order valence-corrected chi connectivity index (χ3v) is 3.12. The van der Waals surface area contributed by atoms with Gasteiger partial charge in [-0.05, 0) is 6.92 Å². The number of rotatable bonds is 4. The summed E-state index contributed by atoms with van der Waals surface area (Å²) < 4.78 is 11.9. The Morgan fingerprint density at radius 3 is 2.84 bits per heavy atom. The molecule has 0 aliphatic carbocycles. The highest BCUT2D eigenvalue weighted by molar-refractivity contribution is 6.30. The zero-order chi connectivity index (χ0) is 14.0. The van der Waals surface area contributed by atoms with Crippen molar-refractivity contribution >= 4 is 11.6 Å². The molecular formula is C12H13ClN2O4. The lowest BCUT2D eigenvalue weighted by Crippen LogP contribution is -2.08. The van der Waals surface area contributed by atoms with E-state index >= 15 is 0 Å². The molecule has 0 aliphatic rings. The van der Waals surface area contributed by atoms with Crippen molar-refractivity contribution in [3.63, 3.8) is 0 Å². The molecule has 0 spiro atoms. The van der Waals surface area contributed by atoms with E-state index in [-0.39, 0.29) is 30.2 Å². The minimum absolute atomic E-state index is 0.0662. The summed E-state index contributed by atoms with van der Waals surface area (Å²) in [5.41, 5.74) is 1.10. The summed E-state index contributed by atoms with van der Waals surface area (Å²) >= 11 is 6.05. The Morgan fingerprint density at radius 2 is 2.32 bits per heavy atom. The summed E-state index contributed by atoms with van der Waals surface area (Å²) in [5, 5.41) is 13.4. The molecule has 19 heavy (non-hydrogen) atoms. The van der Waals surface area contributed by atoms with Gasteiger partial charge in [0, 0.05) is 18.7 Å². The summed E-state index contributed by atoms with van der Waals surface area (Å²) in [5.74, 6) is 0.254. The monoisotopic (exact) mass is 284 g/mol. The van der Waals surface area contributed by atoms with Gasteiger partial charge in [-0.1, -0.05) is 11.6 Å². The van der Waals surface area contributed by atoms with Crippen molar-refractivity contribution in [3.05, 3.63) is 44.7 Å². The summed E-state index contributed by atoms with van der Waals surface area (Å²) in [6, 6.07) is 1.19. The summed E-state index contributed by atoms with van der Waals surface area (Å²) in [6.45, 7) is 1.60. The number of aliphatic hydroxyl groups is 1. The molecule has 0 atom stereocenters. The van der Waals surface area contributed by atoms with E-state index in [1.54, 1.807) is 7.05 Å². The number of aryl methyl sites for hydroxylation is 2. The molecule has 1 N–H and O–H groups in total. The third-order valence-electron chi connectivity index (χ3n) is 2.65. The van der Waals surface area contributed by atoms with Crippen LogP contribution in [-0.2, 0) is 20.3 Å². The van der Waals surface area contributed by atoms with E-state index in [1.807, 2.05) is 6.92 Å². The normalized spacial score (nSPS) is 10.7. The number of hydrogen-bond donors (Lipinski definition) is 1. The van der Waals surface area contributed by atoms with Gasteiger partial charge in [-0.3, -0.25) is 9.48 Å². The second-order valence-corrected chi connectivity index (χ2v) is 4.36. The topological polar surface area (TPSA) is 77.5 Å². The molecule has 7 heteroatoms. The predicted octanol–water partition coefficient (Wildman–Crippen LogP) is 1.41. The first kappa shape index (κ1) is 13.6. The van der Waals surface area contributed by atoms with Crippen LogP contribution in [0, 0.1) is 6.92 Å². The molecule has 2 heterocycles. The van der Waals surface area contributed by atoms with Crippen molar-refractivity contribution < 1.29 is 14.3 Å². The van der Waals surface area contributed by atoms with Gasteiger partial charge in [0.1, 0.15) is 30.4 Å². The van der Waals surface area contributed by atoms with E-state index < -0.39 is 0 Å². The third kappa shape index (κ3) is 2.80. The van der Waals surface area contributed by atoms with Crippen LogP contribution in [0.4, 0.5) is 0 Å². The molecule has 2 rings (SSSR count). The van der Waals surface area contributed by atoms with Gasteiger partial charge in [0.15, 0.2) is 0 Å². The first-order valence-electron chi connectivity index (χ1n) is 5.56. The van der Waals surface area contributed by atoms with Crippen LogP contribution < -0.4 is 10.2 Å². The molecule has 0 saturated heterocycles. The molecule has 0 unspecified atom stereocenters. The van der Waals surface area contributed by atoms with Crippen LogP contribution in [0.2, 0.25) is 5.15 Å². The van der Waals surface area contributed by atoms with Crippen LogP contribution in [0.3, 0.4) is 0 Å². The molecule has 0 fully saturated rings. The van der Waals surface area contributed by atoms with Crippen molar-refractivity contribution in [2.24, 2.45) is 7.05 Å². The molecule has 0 amide bonds. The molecular weight excluding hydrogens is 272 g/mol. The maximum atomic E-state index is 11.6. The first-order valence-corrected chi connectivity index (χ1v) is 5.94. The molecule has 0 aromatic carbocycles. The number of hydrogen-bond acceptors (Lipinski definition) is 5. The lowest BCUT2D eigenvalue weighted by atomic mass is 10.3. The van der Waals surface area contributed by atoms with E-state index in [0.717, 1.165) is 11.3 Å². The predicted molar refractivity (Wildman–Crippen MR) is 68.2 cm³/mol. The van der Waals surface area contributed by atoms with Crippen LogP contribution in [-0.4, -0.2) is 14.9 Å². The zero-order valence-electron chi connectivity index (χ0n) is 10.5. The van der Waals surface area contributed by atoms with Gasteiger partial charge in [-0.15, -0.1) is 0 Å². The number of aliphatic hydroxyl groups excluding tert-OH is 1. The highest BCUT2D eigenvalue weighted by Crippen LogP contribution is 2.20. The Morgan fingerprint density at radius 1 is 1.58 bits per heavy atom. The Kier molecular flexibility index (Phi) is 3.92. The summed E-state index contributed by atoms with van der Waals surface area (Å²) in [4.78, 5) is 11.6. The zero-order valence-corrected chi connectivity index (χ0v) is 11.3. The van der Waals surface area contributed by atoms with E-state index in [0.29, 0.717) is 5.15 Å². The van der Waals surface area contributed by atoms with Crippen LogP contribution in [0.1, 0.15) is 17.0 Å². The van der Waals surface area contributed by atoms with Crippen LogP contribution in [0.5, 0.6) is 5.75 Å². The van der Waals surface area contributed by atoms with E-state index in [4.69, 9.17) is 25.9 Å². The number of aromatic nitrogens is 2. The van der Waals surface area contributed by atoms with Crippen molar-refractivity contribution in [1.82, 2.24) is 9.78 Å². The largest absolute Gasteiger partial charge is 0.482 e. The standard InChI is InChI=1S/C12H13ClN2O4/c1-7-9(12(13)15(2)14-7)5-19-11-6-18-8(4-16)3-10(11)17/h3,6,16H,4-5H2,1-2H3. The fraction of sp³-hybridized carbons (Fsp3) is 0.333. The maximum Gasteiger partial charge on any atom is 0.227 e. The molecule has 0 saturated carbocycles. The number of nitrogens with zero attached hydrogens (tertiary/aromatic N) is 2. The van der Waals surface area contributed by atoms with Crippen LogP contribution in [0.25, 0.3) is 0 Å². The molecule has 2 aromatic rings. The SMILES string of the molecule is Cc1nn(C)c(Cl)c1COc1coc(CO)cc1=O. The maximum absolute atomic E-state index is 11.6. The minimum Gasteiger partial charge on any atom is -0.482 e. The highest BCUT2D eigenvalue weighted by atomic mass is 35.5. The van der Waals surface area contributed by atoms with Gasteiger partial charge in [0.25, 0.3) is 0 Å². The molecule has 102 valence electrons. The quantitative estimate of drug-likeness (QED) is 0.918. The molecule has 0 bridgehead atoms. The van der Waals surface area contributed by atoms with Crippen molar-refractivity contribution in [1.29, 1.82) is 0 Å². The Balaban J connectivity index is 2.17. The van der Waals surface area contributed by atoms with Gasteiger partial charge in [-0.25, -0.2) is 0 Å². The fourth-order valence-corrected chi connectivity index (χ4v) is 1.84. The number of halogens is 1. The molecule has 0 radical (unpaired) electrons. The van der Waals surface area contributed by atoms with Gasteiger partial charge in [-0.2, -0.15) is 5.10 Å². The molecule has 2 aromatic heterocycles. The number of ether oxygens (including phenoxy) is 1. The summed E-state index contributed by atoms with van der Waals surface area (Å²) in [6.07, 6.45) is 1.17. The van der Waals surface area contributed by atoms with Crippen molar-refractivity contribution in [2.45, 2.75) is 20.1 Å². The van der Waals surface area contributed by atoms with E-state index in [1.165, 1.54) is 17.0 Å². The van der Waals surface area contributed by atoms with E-state index in [2.05, 4.69) is 5.10 Å². The average Bonchev–Trinajstić information content (AvgIpc) is 2.62. The second-order valence-electron chi connectivity index (χ2n) is 4.00. The Bertz CT molecular complexity index is 648. The lowest BCUT2D eigenvalue weighted by molar-refractivity contribution is 0.236. The lowest BCUT2D eigenvalue weighted by Gasteiger charge is -2.05. The molecule has 6 nitrogen and oxygen atoms in total. The average molecular weight is 285 g/mol. The smallest absolute Gasteiger partial charge is 0.227 e. The van der Waals surface area contributed by atoms with Gasteiger partial charge in [0.2, 0.25) is 11.2 Å². The van der Waals surface area contributed by atoms with E-state index in [9.17, 15) is 4.79 Å². The highest BCUT2D eigenvalue weighted by Gasteiger charge is 2.13. The van der Waals surface area contributed by atoms with Gasteiger partial charge in [0.05, 0.1) is 5.69 Å². The van der Waals surface area contributed by atoms with Crippen molar-refractivity contribution in [3.8, 4) is 5.75 Å². The van der Waals surface area contributed by atoms with Crippen LogP contribution in [0.15, 0.2) is 21.5 Å².